The monoisotopic (exact) mass is 260 g/mol. The van der Waals surface area contributed by atoms with Crippen molar-refractivity contribution >= 4 is 37.9 Å². The van der Waals surface area contributed by atoms with Crippen LogP contribution < -0.4 is 0 Å². The summed E-state index contributed by atoms with van der Waals surface area (Å²) in [6.07, 6.45) is 0. The average Bonchev–Trinajstić information content (AvgIpc) is 2.58. The SMILES string of the molecule is Cc1cccc2c1oc1ccc(Br)cc12. The Labute approximate surface area is 95.8 Å². The molecule has 3 aromatic rings. The van der Waals surface area contributed by atoms with Gasteiger partial charge in [-0.05, 0) is 30.7 Å². The molecule has 0 spiro atoms. The lowest BCUT2D eigenvalue weighted by Gasteiger charge is -1.92. The van der Waals surface area contributed by atoms with E-state index in [1.807, 2.05) is 12.1 Å². The van der Waals surface area contributed by atoms with Crippen LogP contribution in [0.5, 0.6) is 0 Å². The van der Waals surface area contributed by atoms with Crippen LogP contribution in [0.1, 0.15) is 5.56 Å². The van der Waals surface area contributed by atoms with Gasteiger partial charge in [-0.15, -0.1) is 0 Å². The van der Waals surface area contributed by atoms with Crippen LogP contribution >= 0.6 is 15.9 Å². The number of hydrogen-bond acceptors (Lipinski definition) is 1. The van der Waals surface area contributed by atoms with E-state index in [2.05, 4.69) is 47.1 Å². The van der Waals surface area contributed by atoms with Crippen LogP contribution in [-0.4, -0.2) is 0 Å². The van der Waals surface area contributed by atoms with E-state index < -0.39 is 0 Å². The summed E-state index contributed by atoms with van der Waals surface area (Å²) in [6, 6.07) is 12.3. The van der Waals surface area contributed by atoms with E-state index in [4.69, 9.17) is 4.42 Å². The number of furan rings is 1. The number of hydrogen-bond donors (Lipinski definition) is 0. The Bertz CT molecular complexity index is 652. The van der Waals surface area contributed by atoms with E-state index in [0.29, 0.717) is 0 Å². The van der Waals surface area contributed by atoms with Crippen LogP contribution in [0.4, 0.5) is 0 Å². The van der Waals surface area contributed by atoms with Gasteiger partial charge < -0.3 is 4.42 Å². The topological polar surface area (TPSA) is 13.1 Å². The zero-order valence-electron chi connectivity index (χ0n) is 8.25. The van der Waals surface area contributed by atoms with Crippen molar-refractivity contribution < 1.29 is 4.42 Å². The number of aryl methyl sites for hydroxylation is 1. The molecule has 0 unspecified atom stereocenters. The lowest BCUT2D eigenvalue weighted by Crippen LogP contribution is -1.71. The lowest BCUT2D eigenvalue weighted by molar-refractivity contribution is 0.666. The van der Waals surface area contributed by atoms with Gasteiger partial charge in [-0.25, -0.2) is 0 Å². The number of para-hydroxylation sites is 1. The maximum absolute atomic E-state index is 5.82. The van der Waals surface area contributed by atoms with Crippen molar-refractivity contribution in [2.24, 2.45) is 0 Å². The molecule has 0 N–H and O–H groups in total. The highest BCUT2D eigenvalue weighted by Crippen LogP contribution is 2.32. The zero-order chi connectivity index (χ0) is 10.4. The molecule has 2 heteroatoms. The van der Waals surface area contributed by atoms with Gasteiger partial charge in [0.15, 0.2) is 0 Å². The highest BCUT2D eigenvalue weighted by Gasteiger charge is 2.07. The summed E-state index contributed by atoms with van der Waals surface area (Å²) in [5, 5.41) is 2.36. The Kier molecular flexibility index (Phi) is 1.86. The molecule has 0 aliphatic heterocycles. The second-order valence-electron chi connectivity index (χ2n) is 3.69. The summed E-state index contributed by atoms with van der Waals surface area (Å²) in [6.45, 7) is 2.07. The number of rotatable bonds is 0. The van der Waals surface area contributed by atoms with Crippen molar-refractivity contribution in [1.29, 1.82) is 0 Å². The molecule has 15 heavy (non-hydrogen) atoms. The fourth-order valence-electron chi connectivity index (χ4n) is 1.91. The molecule has 0 atom stereocenters. The van der Waals surface area contributed by atoms with Crippen molar-refractivity contribution in [3.8, 4) is 0 Å². The predicted molar refractivity (Wildman–Crippen MR) is 66.2 cm³/mol. The molecule has 0 saturated heterocycles. The minimum absolute atomic E-state index is 0.947. The molecule has 1 nitrogen and oxygen atoms in total. The first-order valence-corrected chi connectivity index (χ1v) is 5.62. The molecule has 1 aromatic heterocycles. The summed E-state index contributed by atoms with van der Waals surface area (Å²) in [7, 11) is 0. The molecule has 3 rings (SSSR count). The molecule has 0 amide bonds. The maximum atomic E-state index is 5.82. The van der Waals surface area contributed by atoms with Crippen molar-refractivity contribution in [2.45, 2.75) is 6.92 Å². The van der Waals surface area contributed by atoms with Gasteiger partial charge in [0.25, 0.3) is 0 Å². The van der Waals surface area contributed by atoms with E-state index in [1.54, 1.807) is 0 Å². The molecule has 0 aliphatic rings. The van der Waals surface area contributed by atoms with Crippen molar-refractivity contribution in [3.05, 3.63) is 46.4 Å². The summed E-state index contributed by atoms with van der Waals surface area (Å²) in [5.74, 6) is 0. The highest BCUT2D eigenvalue weighted by atomic mass is 79.9. The van der Waals surface area contributed by atoms with E-state index >= 15 is 0 Å². The smallest absolute Gasteiger partial charge is 0.138 e. The quantitative estimate of drug-likeness (QED) is 0.573. The molecule has 74 valence electrons. The third kappa shape index (κ3) is 1.29. The van der Waals surface area contributed by atoms with Crippen molar-refractivity contribution in [3.63, 3.8) is 0 Å². The zero-order valence-corrected chi connectivity index (χ0v) is 9.84. The normalized spacial score (nSPS) is 11.3. The van der Waals surface area contributed by atoms with E-state index in [1.165, 1.54) is 16.3 Å². The van der Waals surface area contributed by atoms with Gasteiger partial charge in [0.2, 0.25) is 0 Å². The summed E-state index contributed by atoms with van der Waals surface area (Å²) < 4.78 is 6.90. The number of fused-ring (bicyclic) bond motifs is 3. The van der Waals surface area contributed by atoms with Gasteiger partial charge in [-0.1, -0.05) is 34.1 Å². The molecular formula is C13H9BrO. The summed E-state index contributed by atoms with van der Waals surface area (Å²) >= 11 is 3.48. The standard InChI is InChI=1S/C13H9BrO/c1-8-3-2-4-10-11-7-9(14)5-6-12(11)15-13(8)10/h2-7H,1H3. The first-order valence-electron chi connectivity index (χ1n) is 4.83. The van der Waals surface area contributed by atoms with Gasteiger partial charge in [0.05, 0.1) is 0 Å². The van der Waals surface area contributed by atoms with Crippen molar-refractivity contribution in [2.75, 3.05) is 0 Å². The molecule has 1 heterocycles. The predicted octanol–water partition coefficient (Wildman–Crippen LogP) is 4.66. The van der Waals surface area contributed by atoms with Gasteiger partial charge in [0.1, 0.15) is 11.2 Å². The highest BCUT2D eigenvalue weighted by molar-refractivity contribution is 9.10. The fraction of sp³-hybridized carbons (Fsp3) is 0.0769. The Balaban J connectivity index is 2.58. The number of benzene rings is 2. The number of halogens is 1. The second kappa shape index (κ2) is 3.11. The van der Waals surface area contributed by atoms with Crippen LogP contribution in [0.25, 0.3) is 21.9 Å². The Morgan fingerprint density at radius 1 is 1.07 bits per heavy atom. The lowest BCUT2D eigenvalue weighted by atomic mass is 10.1. The van der Waals surface area contributed by atoms with Crippen LogP contribution in [0.3, 0.4) is 0 Å². The van der Waals surface area contributed by atoms with E-state index in [9.17, 15) is 0 Å². The largest absolute Gasteiger partial charge is 0.456 e. The Morgan fingerprint density at radius 3 is 2.80 bits per heavy atom. The first kappa shape index (κ1) is 8.98. The molecular weight excluding hydrogens is 252 g/mol. The molecule has 0 radical (unpaired) electrons. The molecule has 0 fully saturated rings. The minimum atomic E-state index is 0.947. The van der Waals surface area contributed by atoms with Gasteiger partial charge in [-0.2, -0.15) is 0 Å². The van der Waals surface area contributed by atoms with Gasteiger partial charge in [0, 0.05) is 15.2 Å². The fourth-order valence-corrected chi connectivity index (χ4v) is 2.27. The molecule has 0 saturated carbocycles. The summed E-state index contributed by atoms with van der Waals surface area (Å²) in [4.78, 5) is 0. The van der Waals surface area contributed by atoms with Crippen LogP contribution in [-0.2, 0) is 0 Å². The van der Waals surface area contributed by atoms with Crippen LogP contribution in [0.2, 0.25) is 0 Å². The van der Waals surface area contributed by atoms with E-state index in [-0.39, 0.29) is 0 Å². The third-order valence-corrected chi connectivity index (χ3v) is 3.15. The minimum Gasteiger partial charge on any atom is -0.456 e. The van der Waals surface area contributed by atoms with Gasteiger partial charge in [-0.3, -0.25) is 0 Å². The van der Waals surface area contributed by atoms with Crippen molar-refractivity contribution in [1.82, 2.24) is 0 Å². The first-order chi connectivity index (χ1) is 7.25. The Morgan fingerprint density at radius 2 is 1.93 bits per heavy atom. The van der Waals surface area contributed by atoms with Crippen LogP contribution in [0.15, 0.2) is 45.3 Å². The average molecular weight is 261 g/mol. The molecule has 0 bridgehead atoms. The molecule has 0 aliphatic carbocycles. The Hall–Kier alpha value is -1.28. The maximum Gasteiger partial charge on any atom is 0.138 e. The second-order valence-corrected chi connectivity index (χ2v) is 4.61. The van der Waals surface area contributed by atoms with E-state index in [0.717, 1.165) is 15.6 Å². The summed E-state index contributed by atoms with van der Waals surface area (Å²) in [5.41, 5.74) is 3.12. The van der Waals surface area contributed by atoms with Gasteiger partial charge >= 0.3 is 0 Å². The third-order valence-electron chi connectivity index (χ3n) is 2.66. The van der Waals surface area contributed by atoms with Crippen LogP contribution in [0, 0.1) is 6.92 Å². The molecule has 2 aromatic carbocycles.